The predicted molar refractivity (Wildman–Crippen MR) is 83.4 cm³/mol. The molecule has 0 aliphatic heterocycles. The second kappa shape index (κ2) is 6.07. The van der Waals surface area contributed by atoms with Crippen molar-refractivity contribution in [2.45, 2.75) is 62.6 Å². The first-order chi connectivity index (χ1) is 10.1. The zero-order valence-corrected chi connectivity index (χ0v) is 13.3. The average molecular weight is 308 g/mol. The highest BCUT2D eigenvalue weighted by atomic mass is 32.2. The Morgan fingerprint density at radius 2 is 2.00 bits per heavy atom. The van der Waals surface area contributed by atoms with E-state index in [0.29, 0.717) is 23.4 Å². The predicted octanol–water partition coefficient (Wildman–Crippen LogP) is 2.41. The molecule has 0 aromatic heterocycles. The van der Waals surface area contributed by atoms with Gasteiger partial charge < -0.3 is 5.32 Å². The van der Waals surface area contributed by atoms with Crippen LogP contribution in [0.4, 0.5) is 0 Å². The minimum atomic E-state index is -3.40. The van der Waals surface area contributed by atoms with E-state index in [-0.39, 0.29) is 6.04 Å². The Bertz CT molecular complexity index is 596. The fraction of sp³-hybridized carbons (Fsp3) is 0.625. The molecular weight excluding hydrogens is 284 g/mol. The fourth-order valence-corrected chi connectivity index (χ4v) is 4.36. The van der Waals surface area contributed by atoms with Crippen LogP contribution in [0.3, 0.4) is 0 Å². The SMILES string of the molecule is CCCC1CC1NS(=O)(=O)c1ccccc1CNC1CC1. The molecule has 2 unspecified atom stereocenters. The summed E-state index contributed by atoms with van der Waals surface area (Å²) in [5, 5.41) is 3.39. The van der Waals surface area contributed by atoms with Gasteiger partial charge in [0.05, 0.1) is 4.90 Å². The molecule has 0 amide bonds. The Kier molecular flexibility index (Phi) is 4.33. The Balaban J connectivity index is 1.69. The van der Waals surface area contributed by atoms with Crippen molar-refractivity contribution in [2.75, 3.05) is 0 Å². The number of hydrogen-bond acceptors (Lipinski definition) is 3. The van der Waals surface area contributed by atoms with Crippen LogP contribution < -0.4 is 10.0 Å². The van der Waals surface area contributed by atoms with Gasteiger partial charge >= 0.3 is 0 Å². The van der Waals surface area contributed by atoms with Gasteiger partial charge in [0.25, 0.3) is 0 Å². The third-order valence-electron chi connectivity index (χ3n) is 4.31. The molecule has 0 bridgehead atoms. The van der Waals surface area contributed by atoms with E-state index in [1.54, 1.807) is 12.1 Å². The maximum atomic E-state index is 12.6. The molecule has 2 aliphatic rings. The number of benzene rings is 1. The summed E-state index contributed by atoms with van der Waals surface area (Å²) in [6.07, 6.45) is 5.61. The molecule has 2 fully saturated rings. The van der Waals surface area contributed by atoms with Crippen LogP contribution in [0.2, 0.25) is 0 Å². The van der Waals surface area contributed by atoms with Crippen LogP contribution in [-0.4, -0.2) is 20.5 Å². The van der Waals surface area contributed by atoms with Crippen molar-refractivity contribution < 1.29 is 8.42 Å². The van der Waals surface area contributed by atoms with Crippen LogP contribution in [0.15, 0.2) is 29.2 Å². The van der Waals surface area contributed by atoms with Crippen molar-refractivity contribution in [3.8, 4) is 0 Å². The second-order valence-electron chi connectivity index (χ2n) is 6.28. The van der Waals surface area contributed by atoms with Gasteiger partial charge in [-0.1, -0.05) is 31.5 Å². The molecule has 0 saturated heterocycles. The van der Waals surface area contributed by atoms with E-state index < -0.39 is 10.0 Å². The standard InChI is InChI=1S/C16H24N2O2S/c1-2-5-12-10-15(12)18-21(19,20)16-7-4-3-6-13(16)11-17-14-8-9-14/h3-4,6-7,12,14-15,17-18H,2,5,8-11H2,1H3. The summed E-state index contributed by atoms with van der Waals surface area (Å²) >= 11 is 0. The van der Waals surface area contributed by atoms with Gasteiger partial charge in [0.2, 0.25) is 10.0 Å². The van der Waals surface area contributed by atoms with E-state index in [0.717, 1.165) is 24.8 Å². The molecule has 2 saturated carbocycles. The largest absolute Gasteiger partial charge is 0.310 e. The summed E-state index contributed by atoms with van der Waals surface area (Å²) in [6, 6.07) is 8.03. The van der Waals surface area contributed by atoms with Crippen LogP contribution in [0.5, 0.6) is 0 Å². The minimum absolute atomic E-state index is 0.138. The van der Waals surface area contributed by atoms with Crippen molar-refractivity contribution in [3.63, 3.8) is 0 Å². The first-order valence-corrected chi connectivity index (χ1v) is 9.42. The van der Waals surface area contributed by atoms with Gasteiger partial charge in [0, 0.05) is 18.6 Å². The lowest BCUT2D eigenvalue weighted by atomic mass is 10.2. The Morgan fingerprint density at radius 1 is 1.24 bits per heavy atom. The monoisotopic (exact) mass is 308 g/mol. The first-order valence-electron chi connectivity index (χ1n) is 7.94. The second-order valence-corrected chi connectivity index (χ2v) is 7.96. The maximum absolute atomic E-state index is 12.6. The third-order valence-corrected chi connectivity index (χ3v) is 5.90. The summed E-state index contributed by atoms with van der Waals surface area (Å²) in [5.74, 6) is 0.529. The lowest BCUT2D eigenvalue weighted by Crippen LogP contribution is -2.29. The molecule has 2 aliphatic carbocycles. The van der Waals surface area contributed by atoms with Crippen LogP contribution >= 0.6 is 0 Å². The molecule has 3 rings (SSSR count). The Hall–Kier alpha value is -0.910. The van der Waals surface area contributed by atoms with Gasteiger partial charge in [-0.3, -0.25) is 0 Å². The van der Waals surface area contributed by atoms with Gasteiger partial charge in [-0.25, -0.2) is 13.1 Å². The van der Waals surface area contributed by atoms with Crippen molar-refractivity contribution in [2.24, 2.45) is 5.92 Å². The first kappa shape index (κ1) is 15.0. The molecule has 0 heterocycles. The molecular formula is C16H24N2O2S. The summed E-state index contributed by atoms with van der Waals surface area (Å²) in [4.78, 5) is 0.431. The normalized spacial score (nSPS) is 25.0. The van der Waals surface area contributed by atoms with Gasteiger partial charge in [-0.05, 0) is 43.2 Å². The maximum Gasteiger partial charge on any atom is 0.241 e. The minimum Gasteiger partial charge on any atom is -0.310 e. The van der Waals surface area contributed by atoms with Crippen molar-refractivity contribution in [1.82, 2.24) is 10.0 Å². The smallest absolute Gasteiger partial charge is 0.241 e. The number of nitrogens with one attached hydrogen (secondary N) is 2. The molecule has 4 nitrogen and oxygen atoms in total. The topological polar surface area (TPSA) is 58.2 Å². The van der Waals surface area contributed by atoms with E-state index in [1.807, 2.05) is 12.1 Å². The van der Waals surface area contributed by atoms with Gasteiger partial charge in [0.1, 0.15) is 0 Å². The highest BCUT2D eigenvalue weighted by molar-refractivity contribution is 7.89. The zero-order valence-electron chi connectivity index (χ0n) is 12.5. The molecule has 2 atom stereocenters. The van der Waals surface area contributed by atoms with Crippen molar-refractivity contribution in [3.05, 3.63) is 29.8 Å². The lowest BCUT2D eigenvalue weighted by molar-refractivity contribution is 0.570. The van der Waals surface area contributed by atoms with Crippen LogP contribution in [0.1, 0.15) is 44.6 Å². The van der Waals surface area contributed by atoms with Crippen LogP contribution in [-0.2, 0) is 16.6 Å². The van der Waals surface area contributed by atoms with E-state index >= 15 is 0 Å². The fourth-order valence-electron chi connectivity index (χ4n) is 2.80. The molecule has 2 N–H and O–H groups in total. The van der Waals surface area contributed by atoms with Gasteiger partial charge in [-0.15, -0.1) is 0 Å². The highest BCUT2D eigenvalue weighted by Crippen LogP contribution is 2.36. The summed E-state index contributed by atoms with van der Waals surface area (Å²) in [5.41, 5.74) is 0.865. The van der Waals surface area contributed by atoms with E-state index in [2.05, 4.69) is 17.0 Å². The molecule has 1 aromatic carbocycles. The molecule has 21 heavy (non-hydrogen) atoms. The van der Waals surface area contributed by atoms with Crippen molar-refractivity contribution >= 4 is 10.0 Å². The van der Waals surface area contributed by atoms with Crippen LogP contribution in [0.25, 0.3) is 0 Å². The van der Waals surface area contributed by atoms with Crippen molar-refractivity contribution in [1.29, 1.82) is 0 Å². The van der Waals surface area contributed by atoms with Gasteiger partial charge in [-0.2, -0.15) is 0 Å². The van der Waals surface area contributed by atoms with Gasteiger partial charge in [0.15, 0.2) is 0 Å². The molecule has 0 radical (unpaired) electrons. The van der Waals surface area contributed by atoms with E-state index in [4.69, 9.17) is 0 Å². The summed E-state index contributed by atoms with van der Waals surface area (Å²) in [6.45, 7) is 2.77. The third kappa shape index (κ3) is 3.84. The highest BCUT2D eigenvalue weighted by Gasteiger charge is 2.39. The average Bonchev–Trinajstić information content (AvgIpc) is 3.35. The number of rotatable bonds is 8. The molecule has 116 valence electrons. The molecule has 0 spiro atoms. The Labute approximate surface area is 127 Å². The number of sulfonamides is 1. The van der Waals surface area contributed by atoms with E-state index in [9.17, 15) is 8.42 Å². The summed E-state index contributed by atoms with van der Waals surface area (Å²) < 4.78 is 28.0. The summed E-state index contributed by atoms with van der Waals surface area (Å²) in [7, 11) is -3.40. The van der Waals surface area contributed by atoms with Crippen LogP contribution in [0, 0.1) is 5.92 Å². The molecule has 5 heteroatoms. The van der Waals surface area contributed by atoms with E-state index in [1.165, 1.54) is 12.8 Å². The number of hydrogen-bond donors (Lipinski definition) is 2. The quantitative estimate of drug-likeness (QED) is 0.775. The zero-order chi connectivity index (χ0) is 14.9. The Morgan fingerprint density at radius 3 is 2.71 bits per heavy atom. The lowest BCUT2D eigenvalue weighted by Gasteiger charge is -2.12. The molecule has 1 aromatic rings.